The van der Waals surface area contributed by atoms with Gasteiger partial charge in [-0.1, -0.05) is 0 Å². The number of hydrogen-bond acceptors (Lipinski definition) is 3. The Balaban J connectivity index is 1.45. The van der Waals surface area contributed by atoms with Crippen molar-refractivity contribution in [2.45, 2.75) is 38.3 Å². The Hall–Kier alpha value is -1.36. The number of nitrogens with zero attached hydrogens (tertiary/aromatic N) is 2. The van der Waals surface area contributed by atoms with E-state index in [1.807, 2.05) is 9.80 Å². The maximum atomic E-state index is 12.6. The van der Waals surface area contributed by atoms with Crippen LogP contribution in [0.15, 0.2) is 11.4 Å². The molecule has 4 rings (SSSR count). The fourth-order valence-corrected chi connectivity index (χ4v) is 4.22. The summed E-state index contributed by atoms with van der Waals surface area (Å²) in [6, 6.07) is 2.56. The molecule has 0 unspecified atom stereocenters. The molecule has 1 aliphatic carbocycles. The largest absolute Gasteiger partial charge is 0.339 e. The van der Waals surface area contributed by atoms with Gasteiger partial charge in [0, 0.05) is 37.0 Å². The van der Waals surface area contributed by atoms with E-state index >= 15 is 0 Å². The van der Waals surface area contributed by atoms with Gasteiger partial charge in [0.15, 0.2) is 0 Å². The third kappa shape index (κ3) is 2.04. The van der Waals surface area contributed by atoms with Crippen molar-refractivity contribution in [1.82, 2.24) is 9.80 Å². The van der Waals surface area contributed by atoms with Gasteiger partial charge in [-0.3, -0.25) is 9.59 Å². The van der Waals surface area contributed by atoms with Crippen molar-refractivity contribution in [3.8, 4) is 0 Å². The summed E-state index contributed by atoms with van der Waals surface area (Å²) in [5.41, 5.74) is 1.29. The summed E-state index contributed by atoms with van der Waals surface area (Å²) in [4.78, 5) is 29.9. The standard InChI is InChI=1S/C15H18N2O2S/c18-14-7-11(9-17(14)12-1-2-12)15(19)16-5-3-13-10(8-16)4-6-20-13/h4,6,11-12H,1-3,5,7-9H2/t11-/m1/s1. The van der Waals surface area contributed by atoms with Crippen LogP contribution < -0.4 is 0 Å². The first-order chi connectivity index (χ1) is 9.72. The van der Waals surface area contributed by atoms with Gasteiger partial charge in [0.1, 0.15) is 0 Å². The first-order valence-corrected chi connectivity index (χ1v) is 8.24. The Morgan fingerprint density at radius 2 is 2.20 bits per heavy atom. The molecule has 1 saturated carbocycles. The van der Waals surface area contributed by atoms with Gasteiger partial charge in [-0.05, 0) is 36.3 Å². The summed E-state index contributed by atoms with van der Waals surface area (Å²) in [7, 11) is 0. The molecule has 3 heterocycles. The van der Waals surface area contributed by atoms with Crippen LogP contribution >= 0.6 is 11.3 Å². The van der Waals surface area contributed by atoms with E-state index in [1.165, 1.54) is 10.4 Å². The molecule has 20 heavy (non-hydrogen) atoms. The van der Waals surface area contributed by atoms with Gasteiger partial charge in [0.25, 0.3) is 0 Å². The molecule has 0 aromatic carbocycles. The monoisotopic (exact) mass is 290 g/mol. The Labute approximate surface area is 122 Å². The van der Waals surface area contributed by atoms with Gasteiger partial charge in [0.2, 0.25) is 11.8 Å². The molecule has 1 saturated heterocycles. The molecular weight excluding hydrogens is 272 g/mol. The first-order valence-electron chi connectivity index (χ1n) is 7.36. The van der Waals surface area contributed by atoms with E-state index in [-0.39, 0.29) is 17.7 Å². The normalized spacial score (nSPS) is 26.0. The van der Waals surface area contributed by atoms with E-state index < -0.39 is 0 Å². The van der Waals surface area contributed by atoms with Gasteiger partial charge in [0.05, 0.1) is 5.92 Å². The zero-order valence-electron chi connectivity index (χ0n) is 11.4. The fourth-order valence-electron chi connectivity index (χ4n) is 3.33. The minimum atomic E-state index is -0.108. The number of fused-ring (bicyclic) bond motifs is 1. The second kappa shape index (κ2) is 4.58. The second-order valence-corrected chi connectivity index (χ2v) is 7.06. The molecule has 3 aliphatic rings. The summed E-state index contributed by atoms with van der Waals surface area (Å²) >= 11 is 1.78. The fraction of sp³-hybridized carbons (Fsp3) is 0.600. The third-order valence-corrected chi connectivity index (χ3v) is 5.64. The summed E-state index contributed by atoms with van der Waals surface area (Å²) in [5, 5.41) is 2.10. The quantitative estimate of drug-likeness (QED) is 0.831. The van der Waals surface area contributed by atoms with Crippen LogP contribution in [0.4, 0.5) is 0 Å². The molecule has 0 radical (unpaired) electrons. The Bertz CT molecular complexity index is 564. The van der Waals surface area contributed by atoms with Crippen molar-refractivity contribution in [3.63, 3.8) is 0 Å². The van der Waals surface area contributed by atoms with Crippen molar-refractivity contribution in [1.29, 1.82) is 0 Å². The van der Waals surface area contributed by atoms with Crippen molar-refractivity contribution in [2.24, 2.45) is 5.92 Å². The maximum absolute atomic E-state index is 12.6. The van der Waals surface area contributed by atoms with Gasteiger partial charge < -0.3 is 9.80 Å². The molecule has 2 amide bonds. The highest BCUT2D eigenvalue weighted by Gasteiger charge is 2.43. The van der Waals surface area contributed by atoms with Crippen molar-refractivity contribution in [3.05, 3.63) is 21.9 Å². The molecule has 4 nitrogen and oxygen atoms in total. The zero-order valence-corrected chi connectivity index (χ0v) is 12.2. The molecule has 2 fully saturated rings. The van der Waals surface area contributed by atoms with Crippen LogP contribution in [0.1, 0.15) is 29.7 Å². The van der Waals surface area contributed by atoms with Gasteiger partial charge in [-0.15, -0.1) is 11.3 Å². The number of hydrogen-bond donors (Lipinski definition) is 0. The lowest BCUT2D eigenvalue weighted by atomic mass is 10.0. The highest BCUT2D eigenvalue weighted by Crippen LogP contribution is 2.34. The number of amides is 2. The van der Waals surface area contributed by atoms with E-state index in [2.05, 4.69) is 11.4 Å². The predicted octanol–water partition coefficient (Wildman–Crippen LogP) is 1.64. The minimum Gasteiger partial charge on any atom is -0.339 e. The summed E-state index contributed by atoms with van der Waals surface area (Å²) in [5.74, 6) is 0.251. The number of rotatable bonds is 2. The van der Waals surface area contributed by atoms with E-state index in [0.717, 1.165) is 32.4 Å². The van der Waals surface area contributed by atoms with Gasteiger partial charge in [-0.25, -0.2) is 0 Å². The van der Waals surface area contributed by atoms with Crippen LogP contribution in [-0.2, 0) is 22.6 Å². The maximum Gasteiger partial charge on any atom is 0.228 e. The zero-order chi connectivity index (χ0) is 13.7. The number of thiophene rings is 1. The molecule has 106 valence electrons. The average Bonchev–Trinajstić information content (AvgIpc) is 3.06. The summed E-state index contributed by atoms with van der Waals surface area (Å²) < 4.78 is 0. The lowest BCUT2D eigenvalue weighted by Crippen LogP contribution is -2.40. The predicted molar refractivity (Wildman–Crippen MR) is 76.3 cm³/mol. The van der Waals surface area contributed by atoms with Crippen LogP contribution in [-0.4, -0.2) is 40.7 Å². The van der Waals surface area contributed by atoms with Crippen LogP contribution in [0, 0.1) is 5.92 Å². The Morgan fingerprint density at radius 1 is 1.35 bits per heavy atom. The highest BCUT2D eigenvalue weighted by atomic mass is 32.1. The van der Waals surface area contributed by atoms with Gasteiger partial charge in [-0.2, -0.15) is 0 Å². The molecule has 1 atom stereocenters. The van der Waals surface area contributed by atoms with Crippen LogP contribution in [0.25, 0.3) is 0 Å². The first kappa shape index (κ1) is 12.4. The van der Waals surface area contributed by atoms with Crippen molar-refractivity contribution < 1.29 is 9.59 Å². The number of likely N-dealkylation sites (tertiary alicyclic amines) is 1. The molecule has 0 N–H and O–H groups in total. The molecule has 2 aliphatic heterocycles. The summed E-state index contributed by atoms with van der Waals surface area (Å²) in [6.45, 7) is 2.18. The van der Waals surface area contributed by atoms with E-state index in [1.54, 1.807) is 11.3 Å². The van der Waals surface area contributed by atoms with E-state index in [0.29, 0.717) is 19.0 Å². The van der Waals surface area contributed by atoms with Crippen LogP contribution in [0.2, 0.25) is 0 Å². The highest BCUT2D eigenvalue weighted by molar-refractivity contribution is 7.10. The van der Waals surface area contributed by atoms with Crippen LogP contribution in [0.5, 0.6) is 0 Å². The third-order valence-electron chi connectivity index (χ3n) is 4.61. The topological polar surface area (TPSA) is 40.6 Å². The minimum absolute atomic E-state index is 0.108. The average molecular weight is 290 g/mol. The van der Waals surface area contributed by atoms with Crippen LogP contribution in [0.3, 0.4) is 0 Å². The molecule has 5 heteroatoms. The Morgan fingerprint density at radius 3 is 3.00 bits per heavy atom. The van der Waals surface area contributed by atoms with E-state index in [9.17, 15) is 9.59 Å². The molecular formula is C15H18N2O2S. The lowest BCUT2D eigenvalue weighted by molar-refractivity contribution is -0.136. The smallest absolute Gasteiger partial charge is 0.228 e. The molecule has 1 aromatic rings. The van der Waals surface area contributed by atoms with Crippen molar-refractivity contribution in [2.75, 3.05) is 13.1 Å². The number of carbonyl (C=O) groups excluding carboxylic acids is 2. The van der Waals surface area contributed by atoms with Crippen molar-refractivity contribution >= 4 is 23.2 Å². The molecule has 0 spiro atoms. The Kier molecular flexibility index (Phi) is 2.84. The SMILES string of the molecule is O=C([C@@H]1CC(=O)N(C2CC2)C1)N1CCc2sccc2C1. The molecule has 1 aromatic heterocycles. The molecule has 0 bridgehead atoms. The lowest BCUT2D eigenvalue weighted by Gasteiger charge is -2.29. The van der Waals surface area contributed by atoms with E-state index in [4.69, 9.17) is 0 Å². The number of carbonyl (C=O) groups is 2. The van der Waals surface area contributed by atoms with Gasteiger partial charge >= 0.3 is 0 Å². The second-order valence-electron chi connectivity index (χ2n) is 6.06. The summed E-state index contributed by atoms with van der Waals surface area (Å²) in [6.07, 6.45) is 3.62.